The summed E-state index contributed by atoms with van der Waals surface area (Å²) in [4.78, 5) is 18.8. The lowest BCUT2D eigenvalue weighted by atomic mass is 9.85. The maximum Gasteiger partial charge on any atom is 0.252 e. The van der Waals surface area contributed by atoms with E-state index in [1.807, 2.05) is 68.5 Å². The lowest BCUT2D eigenvalue weighted by Gasteiger charge is -2.38. The first-order chi connectivity index (χ1) is 19.0. The Morgan fingerprint density at radius 2 is 2.02 bits per heavy atom. The molecule has 0 bridgehead atoms. The van der Waals surface area contributed by atoms with Gasteiger partial charge in [0.05, 0.1) is 45.7 Å². The molecule has 206 valence electrons. The molecule has 3 aliphatic rings. The van der Waals surface area contributed by atoms with Crippen molar-refractivity contribution in [1.82, 2.24) is 15.3 Å². The number of carbonyl (C=O) groups is 1. The van der Waals surface area contributed by atoms with Crippen LogP contribution in [0.3, 0.4) is 0 Å². The summed E-state index contributed by atoms with van der Waals surface area (Å²) in [7, 11) is 1.71. The Labute approximate surface area is 236 Å². The number of methoxy groups -OCH3 is 1. The van der Waals surface area contributed by atoms with Crippen molar-refractivity contribution in [2.24, 2.45) is 16.9 Å². The number of hydrogen-bond acceptors (Lipinski definition) is 6. The third-order valence-corrected chi connectivity index (χ3v) is 8.56. The number of ether oxygens (including phenoxy) is 1. The molecule has 2 aliphatic carbocycles. The van der Waals surface area contributed by atoms with Crippen molar-refractivity contribution in [3.05, 3.63) is 83.6 Å². The van der Waals surface area contributed by atoms with Crippen LogP contribution in [0.4, 0.5) is 0 Å². The van der Waals surface area contributed by atoms with E-state index in [-0.39, 0.29) is 29.4 Å². The minimum atomic E-state index is -0.433. The van der Waals surface area contributed by atoms with E-state index in [0.717, 1.165) is 34.3 Å². The number of nitriles is 1. The summed E-state index contributed by atoms with van der Waals surface area (Å²) in [6.45, 7) is 11.1. The van der Waals surface area contributed by atoms with Crippen LogP contribution in [0.15, 0.2) is 77.5 Å². The van der Waals surface area contributed by atoms with Crippen LogP contribution < -0.4 is 5.32 Å². The fourth-order valence-electron chi connectivity index (χ4n) is 5.74. The van der Waals surface area contributed by atoms with Crippen LogP contribution in [0, 0.1) is 23.2 Å². The summed E-state index contributed by atoms with van der Waals surface area (Å²) in [5, 5.41) is 20.3. The molecular formula is C33H37N5O2. The molecule has 1 N–H and O–H groups in total. The summed E-state index contributed by atoms with van der Waals surface area (Å²) in [5.41, 5.74) is 3.91. The van der Waals surface area contributed by atoms with Crippen molar-refractivity contribution in [3.8, 4) is 6.07 Å². The van der Waals surface area contributed by atoms with Gasteiger partial charge >= 0.3 is 0 Å². The maximum absolute atomic E-state index is 13.9. The average Bonchev–Trinajstić information content (AvgIpc) is 3.16. The van der Waals surface area contributed by atoms with Gasteiger partial charge in [-0.25, -0.2) is 4.98 Å². The first-order valence-electron chi connectivity index (χ1n) is 13.8. The summed E-state index contributed by atoms with van der Waals surface area (Å²) in [5.74, 6) is 0.306. The van der Waals surface area contributed by atoms with Crippen LogP contribution in [0.25, 0.3) is 16.5 Å². The molecule has 0 fully saturated rings. The second-order valence-corrected chi connectivity index (χ2v) is 11.8. The fraction of sp³-hybridized carbons (Fsp3) is 0.394. The van der Waals surface area contributed by atoms with Crippen LogP contribution in [0.1, 0.15) is 57.1 Å². The highest BCUT2D eigenvalue weighted by molar-refractivity contribution is 6.08. The number of nitrogens with zero attached hydrogens (tertiary/aromatic N) is 4. The molecule has 1 amide bonds. The minimum absolute atomic E-state index is 0.149. The van der Waals surface area contributed by atoms with Crippen molar-refractivity contribution in [3.63, 3.8) is 0 Å². The largest absolute Gasteiger partial charge is 0.374 e. The molecule has 40 heavy (non-hydrogen) atoms. The number of rotatable bonds is 6. The second-order valence-electron chi connectivity index (χ2n) is 11.8. The van der Waals surface area contributed by atoms with Gasteiger partial charge in [0.2, 0.25) is 0 Å². The van der Waals surface area contributed by atoms with Gasteiger partial charge in [-0.15, -0.1) is 0 Å². The van der Waals surface area contributed by atoms with Crippen molar-refractivity contribution in [2.75, 3.05) is 13.7 Å². The molecule has 0 saturated heterocycles. The Morgan fingerprint density at radius 3 is 2.70 bits per heavy atom. The molecule has 0 saturated carbocycles. The first-order valence-corrected chi connectivity index (χ1v) is 13.8. The highest BCUT2D eigenvalue weighted by Gasteiger charge is 2.44. The van der Waals surface area contributed by atoms with E-state index in [9.17, 15) is 10.1 Å². The maximum atomic E-state index is 13.9. The Morgan fingerprint density at radius 1 is 1.25 bits per heavy atom. The summed E-state index contributed by atoms with van der Waals surface area (Å²) >= 11 is 0. The smallest absolute Gasteiger partial charge is 0.252 e. The Balaban J connectivity index is 1.39. The highest BCUT2D eigenvalue weighted by Crippen LogP contribution is 2.33. The topological polar surface area (TPSA) is 90.6 Å². The van der Waals surface area contributed by atoms with Crippen LogP contribution in [0.2, 0.25) is 0 Å². The zero-order valence-corrected chi connectivity index (χ0v) is 24.1. The van der Waals surface area contributed by atoms with E-state index in [0.29, 0.717) is 17.7 Å². The molecule has 7 nitrogen and oxygen atoms in total. The molecule has 2 heterocycles. The van der Waals surface area contributed by atoms with Gasteiger partial charge in [0.15, 0.2) is 0 Å². The number of hydrogen-bond donors (Lipinski definition) is 1. The number of carbonyl (C=O) groups excluding carboxylic acids is 1. The molecule has 1 aromatic carbocycles. The SMILES string of the molecule is COC1(C)C=CC(c2cc(C(=O)NC3C(C)=NN(CC4C=CC(C#N)=CC4C)C3(C)C)c3ccccc3n2)=CC1. The normalized spacial score (nSPS) is 27.2. The number of amides is 1. The lowest BCUT2D eigenvalue weighted by molar-refractivity contribution is 0.0508. The molecule has 2 aromatic rings. The molecule has 1 aliphatic heterocycles. The standard InChI is InChI=1S/C33H37N5O2/c1-21-17-23(19-34)11-12-25(21)20-38-32(3,4)30(22(2)37-38)36-31(39)27-18-29(35-28-10-8-7-9-26(27)28)24-13-15-33(5,40-6)16-14-24/h7-15,17-18,21,25,30H,16,20H2,1-6H3,(H,36,39). The molecule has 1 aromatic heterocycles. The van der Waals surface area contributed by atoms with Crippen LogP contribution in [-0.2, 0) is 4.74 Å². The van der Waals surface area contributed by atoms with Crippen LogP contribution in [0.5, 0.6) is 0 Å². The Hall–Kier alpha value is -4.02. The van der Waals surface area contributed by atoms with Gasteiger partial charge in [0.1, 0.15) is 0 Å². The van der Waals surface area contributed by atoms with E-state index in [2.05, 4.69) is 49.3 Å². The average molecular weight is 536 g/mol. The molecule has 4 unspecified atom stereocenters. The van der Waals surface area contributed by atoms with Crippen molar-refractivity contribution >= 4 is 28.1 Å². The predicted octanol–water partition coefficient (Wildman–Crippen LogP) is 5.82. The van der Waals surface area contributed by atoms with Gasteiger partial charge in [0.25, 0.3) is 5.91 Å². The first kappa shape index (κ1) is 27.5. The van der Waals surface area contributed by atoms with E-state index in [1.54, 1.807) is 7.11 Å². The van der Waals surface area contributed by atoms with Crippen molar-refractivity contribution < 1.29 is 9.53 Å². The molecule has 5 rings (SSSR count). The number of allylic oxidation sites excluding steroid dienone is 5. The van der Waals surface area contributed by atoms with E-state index >= 15 is 0 Å². The zero-order valence-electron chi connectivity index (χ0n) is 24.1. The van der Waals surface area contributed by atoms with Gasteiger partial charge in [0, 0.05) is 30.5 Å². The molecular weight excluding hydrogens is 498 g/mol. The number of aromatic nitrogens is 1. The zero-order chi connectivity index (χ0) is 28.7. The number of para-hydroxylation sites is 1. The summed E-state index contributed by atoms with van der Waals surface area (Å²) < 4.78 is 5.62. The predicted molar refractivity (Wildman–Crippen MR) is 160 cm³/mol. The van der Waals surface area contributed by atoms with Crippen molar-refractivity contribution in [1.29, 1.82) is 5.26 Å². The van der Waals surface area contributed by atoms with Crippen LogP contribution >= 0.6 is 0 Å². The highest BCUT2D eigenvalue weighted by atomic mass is 16.5. The van der Waals surface area contributed by atoms with Gasteiger partial charge < -0.3 is 10.1 Å². The number of pyridine rings is 1. The van der Waals surface area contributed by atoms with Gasteiger partial charge in [-0.05, 0) is 63.8 Å². The summed E-state index contributed by atoms with van der Waals surface area (Å²) in [6.07, 6.45) is 12.9. The van der Waals surface area contributed by atoms with Gasteiger partial charge in [-0.1, -0.05) is 55.5 Å². The number of benzene rings is 1. The molecule has 0 radical (unpaired) electrons. The molecule has 0 spiro atoms. The quantitative estimate of drug-likeness (QED) is 0.503. The second kappa shape index (κ2) is 10.5. The number of hydrazone groups is 1. The Kier molecular flexibility index (Phi) is 7.24. The molecule has 4 atom stereocenters. The molecule has 7 heteroatoms. The monoisotopic (exact) mass is 535 g/mol. The number of nitrogens with one attached hydrogen (secondary N) is 1. The number of fused-ring (bicyclic) bond motifs is 1. The third kappa shape index (κ3) is 5.12. The van der Waals surface area contributed by atoms with Crippen molar-refractivity contribution in [2.45, 2.75) is 58.2 Å². The lowest BCUT2D eigenvalue weighted by Crippen LogP contribution is -2.56. The van der Waals surface area contributed by atoms with E-state index in [4.69, 9.17) is 14.8 Å². The van der Waals surface area contributed by atoms with Gasteiger partial charge in [-0.2, -0.15) is 10.4 Å². The van der Waals surface area contributed by atoms with E-state index in [1.165, 1.54) is 0 Å². The van der Waals surface area contributed by atoms with Gasteiger partial charge in [-0.3, -0.25) is 9.80 Å². The fourth-order valence-corrected chi connectivity index (χ4v) is 5.74. The Bertz CT molecular complexity index is 1540. The third-order valence-electron chi connectivity index (χ3n) is 8.56. The summed E-state index contributed by atoms with van der Waals surface area (Å²) in [6, 6.07) is 11.6. The van der Waals surface area contributed by atoms with Crippen LogP contribution in [-0.4, -0.2) is 52.4 Å². The van der Waals surface area contributed by atoms with E-state index < -0.39 is 5.54 Å². The minimum Gasteiger partial charge on any atom is -0.374 e.